The van der Waals surface area contributed by atoms with E-state index in [1.54, 1.807) is 59.9 Å². The molecule has 2 aromatic carbocycles. The summed E-state index contributed by atoms with van der Waals surface area (Å²) in [7, 11) is 0. The van der Waals surface area contributed by atoms with Crippen molar-refractivity contribution in [3.8, 4) is 5.75 Å². The zero-order valence-electron chi connectivity index (χ0n) is 19.9. The number of carbonyl (C=O) groups is 3. The van der Waals surface area contributed by atoms with Crippen molar-refractivity contribution in [3.63, 3.8) is 0 Å². The van der Waals surface area contributed by atoms with Crippen LogP contribution in [0.1, 0.15) is 18.4 Å². The molecule has 0 radical (unpaired) electrons. The molecule has 2 N–H and O–H groups in total. The van der Waals surface area contributed by atoms with Crippen molar-refractivity contribution in [1.82, 2.24) is 14.9 Å². The molecule has 188 valence electrons. The second kappa shape index (κ2) is 11.7. The Hall–Kier alpha value is -3.85. The molecule has 36 heavy (non-hydrogen) atoms. The Bertz CT molecular complexity index is 1210. The zero-order chi connectivity index (χ0) is 25.5. The van der Waals surface area contributed by atoms with E-state index >= 15 is 0 Å². The molecule has 0 bridgehead atoms. The molecular weight excluding hydrogens is 482 g/mol. The average molecular weight is 510 g/mol. The number of hydrogen-bond donors (Lipinski definition) is 2. The molecule has 1 aliphatic rings. The number of nitrogens with zero attached hydrogens (tertiary/aromatic N) is 3. The normalized spacial score (nSPS) is 15.1. The Morgan fingerprint density at radius 2 is 2.00 bits per heavy atom. The van der Waals surface area contributed by atoms with Gasteiger partial charge < -0.3 is 24.8 Å². The Morgan fingerprint density at radius 1 is 1.19 bits per heavy atom. The predicted molar refractivity (Wildman–Crippen MR) is 137 cm³/mol. The van der Waals surface area contributed by atoms with Crippen molar-refractivity contribution in [1.29, 1.82) is 0 Å². The molecule has 1 aromatic heterocycles. The average Bonchev–Trinajstić information content (AvgIpc) is 3.53. The summed E-state index contributed by atoms with van der Waals surface area (Å²) in [6.07, 6.45) is 6.29. The number of hydrogen-bond acceptors (Lipinski definition) is 5. The van der Waals surface area contributed by atoms with Gasteiger partial charge in [-0.3, -0.25) is 14.4 Å². The Labute approximate surface area is 214 Å². The van der Waals surface area contributed by atoms with Crippen molar-refractivity contribution in [3.05, 3.63) is 71.8 Å². The van der Waals surface area contributed by atoms with Crippen LogP contribution >= 0.6 is 11.6 Å². The van der Waals surface area contributed by atoms with E-state index in [1.165, 1.54) is 0 Å². The molecule has 2 heterocycles. The molecule has 9 nitrogen and oxygen atoms in total. The Kier molecular flexibility index (Phi) is 8.22. The molecule has 10 heteroatoms. The number of aromatic nitrogens is 2. The number of amides is 3. The van der Waals surface area contributed by atoms with Gasteiger partial charge >= 0.3 is 0 Å². The smallest absolute Gasteiger partial charge is 0.262 e. The number of imidazole rings is 1. The van der Waals surface area contributed by atoms with Crippen LogP contribution in [0.2, 0.25) is 5.02 Å². The highest BCUT2D eigenvalue weighted by Gasteiger charge is 2.34. The number of nitrogens with one attached hydrogen (secondary N) is 2. The van der Waals surface area contributed by atoms with Gasteiger partial charge in [-0.05, 0) is 55.3 Å². The fourth-order valence-corrected chi connectivity index (χ4v) is 4.14. The first-order valence-corrected chi connectivity index (χ1v) is 12.1. The van der Waals surface area contributed by atoms with Crippen LogP contribution < -0.4 is 20.3 Å². The number of halogens is 1. The van der Waals surface area contributed by atoms with E-state index in [9.17, 15) is 14.4 Å². The summed E-state index contributed by atoms with van der Waals surface area (Å²) in [5, 5.41) is 6.28. The third-order valence-electron chi connectivity index (χ3n) is 6.01. The van der Waals surface area contributed by atoms with Crippen molar-refractivity contribution in [2.75, 3.05) is 29.9 Å². The Balaban J connectivity index is 1.23. The van der Waals surface area contributed by atoms with Crippen LogP contribution in [0, 0.1) is 12.8 Å². The third-order valence-corrected chi connectivity index (χ3v) is 6.42. The summed E-state index contributed by atoms with van der Waals surface area (Å²) in [5.74, 6) is -0.412. The number of benzene rings is 2. The highest BCUT2D eigenvalue weighted by Crippen LogP contribution is 2.27. The molecule has 1 saturated heterocycles. The lowest BCUT2D eigenvalue weighted by Gasteiger charge is -2.17. The van der Waals surface area contributed by atoms with Gasteiger partial charge in [0, 0.05) is 54.8 Å². The van der Waals surface area contributed by atoms with Gasteiger partial charge in [-0.15, -0.1) is 0 Å². The van der Waals surface area contributed by atoms with E-state index in [0.717, 1.165) is 18.5 Å². The zero-order valence-corrected chi connectivity index (χ0v) is 20.7. The summed E-state index contributed by atoms with van der Waals surface area (Å²) < 4.78 is 7.53. The second-order valence-corrected chi connectivity index (χ2v) is 9.00. The summed E-state index contributed by atoms with van der Waals surface area (Å²) >= 11 is 6.09. The molecule has 1 atom stereocenters. The van der Waals surface area contributed by atoms with Crippen LogP contribution in [0.15, 0.2) is 61.2 Å². The topological polar surface area (TPSA) is 106 Å². The van der Waals surface area contributed by atoms with Gasteiger partial charge in [0.2, 0.25) is 11.8 Å². The standard InChI is InChI=1S/C26H28ClN5O4/c1-18-22(27)4-2-5-23(18)30-24(33)16-36-21-8-6-20(7-9-21)32-15-19(14-25(32)34)26(35)29-10-3-12-31-13-11-28-17-31/h2,4-9,11,13,17,19H,3,10,12,14-16H2,1H3,(H,29,35)(H,30,33)/t19-/m0/s1. The summed E-state index contributed by atoms with van der Waals surface area (Å²) in [6, 6.07) is 12.2. The largest absolute Gasteiger partial charge is 0.484 e. The number of ether oxygens (including phenoxy) is 1. The maximum Gasteiger partial charge on any atom is 0.262 e. The molecule has 0 unspecified atom stereocenters. The van der Waals surface area contributed by atoms with Gasteiger partial charge in [-0.25, -0.2) is 4.98 Å². The first-order chi connectivity index (χ1) is 17.4. The summed E-state index contributed by atoms with van der Waals surface area (Å²) in [6.45, 7) is 3.30. The number of rotatable bonds is 10. The number of carbonyl (C=O) groups excluding carboxylic acids is 3. The molecule has 1 aliphatic heterocycles. The minimum absolute atomic E-state index is 0.0986. The van der Waals surface area contributed by atoms with Gasteiger partial charge in [0.1, 0.15) is 5.75 Å². The highest BCUT2D eigenvalue weighted by molar-refractivity contribution is 6.31. The van der Waals surface area contributed by atoms with Gasteiger partial charge in [0.25, 0.3) is 5.91 Å². The van der Waals surface area contributed by atoms with Crippen LogP contribution in [-0.2, 0) is 20.9 Å². The lowest BCUT2D eigenvalue weighted by molar-refractivity contribution is -0.126. The van der Waals surface area contributed by atoms with Gasteiger partial charge in [0.15, 0.2) is 6.61 Å². The van der Waals surface area contributed by atoms with Crippen molar-refractivity contribution in [2.24, 2.45) is 5.92 Å². The molecule has 4 rings (SSSR count). The minimum Gasteiger partial charge on any atom is -0.484 e. The Morgan fingerprint density at radius 3 is 2.75 bits per heavy atom. The fraction of sp³-hybridized carbons (Fsp3) is 0.308. The van der Waals surface area contributed by atoms with Crippen LogP contribution in [0.5, 0.6) is 5.75 Å². The molecule has 0 aliphatic carbocycles. The van der Waals surface area contributed by atoms with E-state index in [0.29, 0.717) is 35.2 Å². The lowest BCUT2D eigenvalue weighted by atomic mass is 10.1. The molecular formula is C26H28ClN5O4. The third kappa shape index (κ3) is 6.42. The van der Waals surface area contributed by atoms with Crippen LogP contribution in [0.4, 0.5) is 11.4 Å². The van der Waals surface area contributed by atoms with Gasteiger partial charge in [-0.1, -0.05) is 17.7 Å². The molecule has 3 aromatic rings. The van der Waals surface area contributed by atoms with Gasteiger partial charge in [-0.2, -0.15) is 0 Å². The number of anilines is 2. The quantitative estimate of drug-likeness (QED) is 0.407. The molecule has 0 spiro atoms. The summed E-state index contributed by atoms with van der Waals surface area (Å²) in [4.78, 5) is 42.9. The van der Waals surface area contributed by atoms with Crippen molar-refractivity contribution in [2.45, 2.75) is 26.3 Å². The van der Waals surface area contributed by atoms with E-state index in [-0.39, 0.29) is 36.7 Å². The minimum atomic E-state index is -0.389. The predicted octanol–water partition coefficient (Wildman–Crippen LogP) is 3.42. The molecule has 0 saturated carbocycles. The van der Waals surface area contributed by atoms with Crippen LogP contribution in [-0.4, -0.2) is 47.0 Å². The van der Waals surface area contributed by atoms with Crippen LogP contribution in [0.25, 0.3) is 0 Å². The fourth-order valence-electron chi connectivity index (χ4n) is 3.97. The first kappa shape index (κ1) is 25.2. The molecule has 3 amide bonds. The lowest BCUT2D eigenvalue weighted by Crippen LogP contribution is -2.33. The SMILES string of the molecule is Cc1c(Cl)cccc1NC(=O)COc1ccc(N2C[C@@H](C(=O)NCCCn3ccnc3)CC2=O)cc1. The second-order valence-electron chi connectivity index (χ2n) is 8.59. The maximum absolute atomic E-state index is 12.5. The monoisotopic (exact) mass is 509 g/mol. The van der Waals surface area contributed by atoms with E-state index in [4.69, 9.17) is 16.3 Å². The van der Waals surface area contributed by atoms with E-state index in [1.807, 2.05) is 17.7 Å². The van der Waals surface area contributed by atoms with Gasteiger partial charge in [0.05, 0.1) is 12.2 Å². The number of aryl methyl sites for hydroxylation is 1. The van der Waals surface area contributed by atoms with Crippen molar-refractivity contribution < 1.29 is 19.1 Å². The summed E-state index contributed by atoms with van der Waals surface area (Å²) in [5.41, 5.74) is 2.10. The van der Waals surface area contributed by atoms with Crippen LogP contribution in [0.3, 0.4) is 0 Å². The molecule has 1 fully saturated rings. The first-order valence-electron chi connectivity index (χ1n) is 11.7. The van der Waals surface area contributed by atoms with Crippen molar-refractivity contribution >= 4 is 40.7 Å². The maximum atomic E-state index is 12.5. The highest BCUT2D eigenvalue weighted by atomic mass is 35.5. The van der Waals surface area contributed by atoms with E-state index in [2.05, 4.69) is 15.6 Å². The van der Waals surface area contributed by atoms with E-state index < -0.39 is 0 Å².